The Hall–Kier alpha value is -1.64. The molecule has 0 heterocycles. The van der Waals surface area contributed by atoms with Crippen LogP contribution in [0.15, 0.2) is 58.3 Å². The smallest absolute Gasteiger partial charge is 0.507 e. The van der Waals surface area contributed by atoms with E-state index in [2.05, 4.69) is 0 Å². The zero-order chi connectivity index (χ0) is 21.8. The van der Waals surface area contributed by atoms with Crippen LogP contribution in [0.5, 0.6) is 11.5 Å². The normalized spacial score (nSPS) is 13.7. The maximum absolute atomic E-state index is 12.1. The summed E-state index contributed by atoms with van der Waals surface area (Å²) in [7, 11) is -4.80. The molecule has 2 atom stereocenters. The van der Waals surface area contributed by atoms with Gasteiger partial charge in [-0.2, -0.15) is 0 Å². The highest BCUT2D eigenvalue weighted by Gasteiger charge is 2.19. The Labute approximate surface area is 182 Å². The molecule has 2 rings (SSSR count). The quantitative estimate of drug-likeness (QED) is 0.311. The van der Waals surface area contributed by atoms with Gasteiger partial charge in [-0.3, -0.25) is 8.42 Å². The van der Waals surface area contributed by atoms with Gasteiger partial charge in [0.2, 0.25) is 0 Å². The van der Waals surface area contributed by atoms with Gasteiger partial charge in [0.1, 0.15) is 24.7 Å². The van der Waals surface area contributed by atoms with Gasteiger partial charge in [0.15, 0.2) is 0 Å². The second-order valence-corrected chi connectivity index (χ2v) is 10.4. The first-order valence-corrected chi connectivity index (χ1v) is 13.3. The van der Waals surface area contributed by atoms with E-state index in [4.69, 9.17) is 9.05 Å². The van der Waals surface area contributed by atoms with E-state index in [-0.39, 0.29) is 24.7 Å². The van der Waals surface area contributed by atoms with Crippen LogP contribution < -0.4 is 0 Å². The van der Waals surface area contributed by atoms with Gasteiger partial charge in [-0.15, -0.1) is 9.05 Å². The lowest BCUT2D eigenvalue weighted by Crippen LogP contribution is -2.01. The molecule has 0 aliphatic carbocycles. The van der Waals surface area contributed by atoms with Crippen molar-refractivity contribution in [3.05, 3.63) is 48.5 Å². The summed E-state index contributed by atoms with van der Waals surface area (Å²) in [6, 6.07) is 13.1. The van der Waals surface area contributed by atoms with E-state index in [1.54, 1.807) is 36.4 Å². The summed E-state index contributed by atoms with van der Waals surface area (Å²) in [5.41, 5.74) is 0. The average Bonchev–Trinajstić information content (AvgIpc) is 2.73. The molecule has 0 saturated carbocycles. The molecule has 2 aromatic carbocycles. The van der Waals surface area contributed by atoms with Crippen molar-refractivity contribution >= 4 is 29.9 Å². The zero-order valence-corrected chi connectivity index (χ0v) is 19.0. The molecule has 2 aromatic rings. The van der Waals surface area contributed by atoms with E-state index in [0.29, 0.717) is 47.0 Å². The topological polar surface area (TPSA) is 110 Å². The van der Waals surface area contributed by atoms with Crippen molar-refractivity contribution in [3.8, 4) is 11.5 Å². The fraction of sp³-hybridized carbons (Fsp3) is 0.400. The molecule has 2 unspecified atom stereocenters. The average molecular weight is 474 g/mol. The first-order valence-electron chi connectivity index (χ1n) is 9.55. The largest absolute Gasteiger partial charge is 0.697 e. The minimum absolute atomic E-state index is 0.0213. The molecule has 0 fully saturated rings. The molecule has 0 bridgehead atoms. The summed E-state index contributed by atoms with van der Waals surface area (Å²) < 4.78 is 46.1. The van der Waals surface area contributed by atoms with Crippen LogP contribution in [0, 0.1) is 0 Å². The molecular formula is C20H26O7PS2+. The van der Waals surface area contributed by atoms with Crippen molar-refractivity contribution < 1.29 is 32.2 Å². The van der Waals surface area contributed by atoms with Crippen molar-refractivity contribution in [1.29, 1.82) is 0 Å². The van der Waals surface area contributed by atoms with Gasteiger partial charge in [0.05, 0.1) is 31.4 Å². The van der Waals surface area contributed by atoms with Gasteiger partial charge in [-0.05, 0) is 49.9 Å². The summed E-state index contributed by atoms with van der Waals surface area (Å²) >= 11 is 0. The van der Waals surface area contributed by atoms with Crippen molar-refractivity contribution in [2.24, 2.45) is 0 Å². The van der Waals surface area contributed by atoms with Crippen LogP contribution in [-0.2, 0) is 35.2 Å². The second kappa shape index (κ2) is 13.6. The van der Waals surface area contributed by atoms with Crippen molar-refractivity contribution in [1.82, 2.24) is 0 Å². The third-order valence-corrected chi connectivity index (χ3v) is 7.84. The van der Waals surface area contributed by atoms with Crippen LogP contribution in [0.3, 0.4) is 0 Å². The SMILES string of the molecule is O=[P+](OCCCCS(=O)c1ccccc1O)OCCCCS(=O)c1ccccc1O. The summed E-state index contributed by atoms with van der Waals surface area (Å²) in [6.45, 7) is 0.453. The third-order valence-electron chi connectivity index (χ3n) is 4.06. The Morgan fingerprint density at radius 3 is 1.50 bits per heavy atom. The highest BCUT2D eigenvalue weighted by atomic mass is 32.2. The summed E-state index contributed by atoms with van der Waals surface area (Å²) in [4.78, 5) is 0.826. The van der Waals surface area contributed by atoms with Crippen LogP contribution in [0.25, 0.3) is 0 Å². The third kappa shape index (κ3) is 8.62. The first-order chi connectivity index (χ1) is 14.5. The molecule has 0 aromatic heterocycles. The molecule has 0 spiro atoms. The number of benzene rings is 2. The lowest BCUT2D eigenvalue weighted by molar-refractivity contribution is 0.221. The molecular weight excluding hydrogens is 447 g/mol. The van der Waals surface area contributed by atoms with E-state index in [0.717, 1.165) is 0 Å². The number of phenols is 2. The van der Waals surface area contributed by atoms with E-state index >= 15 is 0 Å². The molecule has 7 nitrogen and oxygen atoms in total. The fourth-order valence-electron chi connectivity index (χ4n) is 2.51. The fourth-order valence-corrected chi connectivity index (χ4v) is 5.57. The zero-order valence-electron chi connectivity index (χ0n) is 16.5. The number of hydrogen-bond donors (Lipinski definition) is 2. The molecule has 164 valence electrons. The Kier molecular flexibility index (Phi) is 11.2. The monoisotopic (exact) mass is 473 g/mol. The molecule has 0 aliphatic rings. The van der Waals surface area contributed by atoms with Crippen LogP contribution >= 0.6 is 8.25 Å². The number of para-hydroxylation sites is 2. The Morgan fingerprint density at radius 1 is 0.700 bits per heavy atom. The summed E-state index contributed by atoms with van der Waals surface area (Å²) in [5.74, 6) is 0.806. The first kappa shape index (κ1) is 24.6. The van der Waals surface area contributed by atoms with E-state index < -0.39 is 29.9 Å². The molecule has 2 N–H and O–H groups in total. The van der Waals surface area contributed by atoms with E-state index in [1.165, 1.54) is 12.1 Å². The van der Waals surface area contributed by atoms with Crippen molar-refractivity contribution in [3.63, 3.8) is 0 Å². The van der Waals surface area contributed by atoms with Crippen molar-refractivity contribution in [2.45, 2.75) is 35.5 Å². The highest BCUT2D eigenvalue weighted by molar-refractivity contribution is 7.85. The Balaban J connectivity index is 1.50. The Morgan fingerprint density at radius 2 is 1.10 bits per heavy atom. The number of phenolic OH excluding ortho intramolecular Hbond substituents is 2. The van der Waals surface area contributed by atoms with Crippen LogP contribution in [0.2, 0.25) is 0 Å². The lowest BCUT2D eigenvalue weighted by atomic mass is 10.3. The number of rotatable bonds is 14. The van der Waals surface area contributed by atoms with Crippen molar-refractivity contribution in [2.75, 3.05) is 24.7 Å². The molecule has 30 heavy (non-hydrogen) atoms. The highest BCUT2D eigenvalue weighted by Crippen LogP contribution is 2.25. The van der Waals surface area contributed by atoms with E-state index in [1.807, 2.05) is 0 Å². The minimum atomic E-state index is -2.22. The van der Waals surface area contributed by atoms with Gasteiger partial charge >= 0.3 is 8.25 Å². The van der Waals surface area contributed by atoms with Gasteiger partial charge < -0.3 is 10.2 Å². The predicted molar refractivity (Wildman–Crippen MR) is 117 cm³/mol. The van der Waals surface area contributed by atoms with Gasteiger partial charge in [0, 0.05) is 16.1 Å². The maximum atomic E-state index is 12.1. The number of aromatic hydroxyl groups is 2. The van der Waals surface area contributed by atoms with Gasteiger partial charge in [-0.25, -0.2) is 0 Å². The molecule has 0 radical (unpaired) electrons. The summed E-state index contributed by atoms with van der Waals surface area (Å²) in [6.07, 6.45) is 2.34. The van der Waals surface area contributed by atoms with Gasteiger partial charge in [-0.1, -0.05) is 24.3 Å². The second-order valence-electron chi connectivity index (χ2n) is 6.34. The number of hydrogen-bond acceptors (Lipinski definition) is 7. The molecule has 0 aliphatic heterocycles. The van der Waals surface area contributed by atoms with Crippen LogP contribution in [-0.4, -0.2) is 43.4 Å². The lowest BCUT2D eigenvalue weighted by Gasteiger charge is -2.03. The maximum Gasteiger partial charge on any atom is 0.697 e. The van der Waals surface area contributed by atoms with Crippen LogP contribution in [0.1, 0.15) is 25.7 Å². The molecule has 0 amide bonds. The minimum Gasteiger partial charge on any atom is -0.507 e. The van der Waals surface area contributed by atoms with Gasteiger partial charge in [0.25, 0.3) is 0 Å². The summed E-state index contributed by atoms with van der Waals surface area (Å²) in [5, 5.41) is 19.4. The number of unbranched alkanes of at least 4 members (excludes halogenated alkanes) is 2. The molecule has 0 saturated heterocycles. The van der Waals surface area contributed by atoms with E-state index in [9.17, 15) is 23.2 Å². The predicted octanol–water partition coefficient (Wildman–Crippen LogP) is 4.26. The Bertz CT molecular complexity index is 806. The molecule has 10 heteroatoms. The van der Waals surface area contributed by atoms with Crippen LogP contribution in [0.4, 0.5) is 0 Å². The standard InChI is InChI=1S/C20H25O7PS2/c21-17-9-1-3-11-19(17)29(24)15-7-5-13-26-28(23)27-14-6-8-16-30(25)20-12-4-2-10-18(20)22/h1-4,9-12H,5-8,13-16H2,(H-,21,22)/p+1.